The van der Waals surface area contributed by atoms with Gasteiger partial charge in [-0.15, -0.1) is 0 Å². The third-order valence-electron chi connectivity index (χ3n) is 4.52. The Morgan fingerprint density at radius 2 is 1.73 bits per heavy atom. The van der Waals surface area contributed by atoms with Crippen molar-refractivity contribution >= 4 is 21.9 Å². The van der Waals surface area contributed by atoms with Crippen molar-refractivity contribution < 1.29 is 23.1 Å². The van der Waals surface area contributed by atoms with Crippen LogP contribution in [0.15, 0.2) is 29.2 Å². The van der Waals surface area contributed by atoms with Crippen molar-refractivity contribution in [2.75, 3.05) is 13.1 Å². The van der Waals surface area contributed by atoms with Crippen LogP contribution >= 0.6 is 0 Å². The van der Waals surface area contributed by atoms with Crippen molar-refractivity contribution in [3.63, 3.8) is 0 Å². The van der Waals surface area contributed by atoms with Gasteiger partial charge in [-0.25, -0.2) is 13.2 Å². The zero-order chi connectivity index (χ0) is 19.3. The van der Waals surface area contributed by atoms with Gasteiger partial charge >= 0.3 is 5.97 Å². The monoisotopic (exact) mass is 382 g/mol. The first kappa shape index (κ1) is 20.4. The number of benzene rings is 1. The number of nitrogens with zero attached hydrogens (tertiary/aromatic N) is 1. The Bertz CT molecular complexity index is 737. The Hall–Kier alpha value is -1.93. The van der Waals surface area contributed by atoms with Crippen LogP contribution < -0.4 is 5.32 Å². The summed E-state index contributed by atoms with van der Waals surface area (Å²) >= 11 is 0. The standard InChI is InChI=1S/C18H26N2O5S/c1-13(2)17(18(22)23)19-16(21)10-7-14-5-8-15(9-6-14)26(24,25)20-11-3-4-12-20/h5-6,8-9,13,17H,3-4,7,10-12H2,1-2H3,(H,19,21)(H,22,23). The number of carboxylic acids is 1. The van der Waals surface area contributed by atoms with Gasteiger partial charge in [-0.05, 0) is 42.9 Å². The van der Waals surface area contributed by atoms with E-state index in [1.54, 1.807) is 38.1 Å². The summed E-state index contributed by atoms with van der Waals surface area (Å²) in [6.45, 7) is 4.59. The highest BCUT2D eigenvalue weighted by atomic mass is 32.2. The van der Waals surface area contributed by atoms with Crippen LogP contribution in [0, 0.1) is 5.92 Å². The van der Waals surface area contributed by atoms with Crippen LogP contribution in [0.4, 0.5) is 0 Å². The molecule has 26 heavy (non-hydrogen) atoms. The van der Waals surface area contributed by atoms with E-state index >= 15 is 0 Å². The van der Waals surface area contributed by atoms with Crippen molar-refractivity contribution in [2.45, 2.75) is 50.5 Å². The Labute approximate surface area is 154 Å². The number of aryl methyl sites for hydroxylation is 1. The lowest BCUT2D eigenvalue weighted by molar-refractivity contribution is -0.143. The Morgan fingerprint density at radius 1 is 1.15 bits per heavy atom. The minimum atomic E-state index is -3.43. The lowest BCUT2D eigenvalue weighted by atomic mass is 10.0. The topological polar surface area (TPSA) is 104 Å². The van der Waals surface area contributed by atoms with Gasteiger partial charge in [0.05, 0.1) is 4.90 Å². The molecule has 2 N–H and O–H groups in total. The van der Waals surface area contributed by atoms with Gasteiger partial charge in [0.1, 0.15) is 6.04 Å². The fraction of sp³-hybridized carbons (Fsp3) is 0.556. The molecule has 1 aromatic rings. The predicted molar refractivity (Wildman–Crippen MR) is 97.2 cm³/mol. The number of aliphatic carboxylic acids is 1. The number of carbonyl (C=O) groups excluding carboxylic acids is 1. The number of nitrogens with one attached hydrogen (secondary N) is 1. The molecule has 2 rings (SSSR count). The van der Waals surface area contributed by atoms with Gasteiger partial charge in [-0.1, -0.05) is 26.0 Å². The van der Waals surface area contributed by atoms with Gasteiger partial charge in [-0.3, -0.25) is 4.79 Å². The van der Waals surface area contributed by atoms with E-state index < -0.39 is 22.0 Å². The molecular weight excluding hydrogens is 356 g/mol. The van der Waals surface area contributed by atoms with Crippen LogP contribution in [-0.4, -0.2) is 48.8 Å². The van der Waals surface area contributed by atoms with Crippen LogP contribution in [0.2, 0.25) is 0 Å². The first-order chi connectivity index (χ1) is 12.2. The van der Waals surface area contributed by atoms with E-state index in [1.807, 2.05) is 0 Å². The smallest absolute Gasteiger partial charge is 0.326 e. The highest BCUT2D eigenvalue weighted by Gasteiger charge is 2.27. The van der Waals surface area contributed by atoms with Crippen LogP contribution in [0.5, 0.6) is 0 Å². The van der Waals surface area contributed by atoms with Gasteiger partial charge in [0.15, 0.2) is 0 Å². The maximum atomic E-state index is 12.5. The quantitative estimate of drug-likeness (QED) is 0.711. The van der Waals surface area contributed by atoms with Gasteiger partial charge < -0.3 is 10.4 Å². The van der Waals surface area contributed by atoms with Crippen LogP contribution in [0.3, 0.4) is 0 Å². The van der Waals surface area contributed by atoms with Crippen molar-refractivity contribution in [3.05, 3.63) is 29.8 Å². The van der Waals surface area contributed by atoms with E-state index in [0.29, 0.717) is 19.5 Å². The second-order valence-electron chi connectivity index (χ2n) is 6.88. The molecule has 1 aromatic carbocycles. The summed E-state index contributed by atoms with van der Waals surface area (Å²) in [5.41, 5.74) is 0.831. The van der Waals surface area contributed by atoms with Gasteiger partial charge in [0.25, 0.3) is 0 Å². The van der Waals surface area contributed by atoms with E-state index in [9.17, 15) is 18.0 Å². The van der Waals surface area contributed by atoms with Crippen molar-refractivity contribution in [1.82, 2.24) is 9.62 Å². The number of carboxylic acid groups (broad SMARTS) is 1. The zero-order valence-corrected chi connectivity index (χ0v) is 16.0. The number of rotatable bonds is 8. The van der Waals surface area contributed by atoms with E-state index in [2.05, 4.69) is 5.32 Å². The molecule has 1 aliphatic heterocycles. The molecule has 0 saturated carbocycles. The molecule has 7 nitrogen and oxygen atoms in total. The summed E-state index contributed by atoms with van der Waals surface area (Å²) in [4.78, 5) is 23.3. The number of hydrogen-bond acceptors (Lipinski definition) is 4. The molecule has 0 radical (unpaired) electrons. The molecule has 0 aliphatic carbocycles. The first-order valence-corrected chi connectivity index (χ1v) is 10.3. The van der Waals surface area contributed by atoms with Gasteiger partial charge in [0.2, 0.25) is 15.9 Å². The highest BCUT2D eigenvalue weighted by Crippen LogP contribution is 2.21. The minimum absolute atomic E-state index is 0.148. The molecule has 1 amide bonds. The normalized spacial score (nSPS) is 16.6. The summed E-state index contributed by atoms with van der Waals surface area (Å²) in [6.07, 6.45) is 2.34. The SMILES string of the molecule is CC(C)C(NC(=O)CCc1ccc(S(=O)(=O)N2CCCC2)cc1)C(=O)O. The van der Waals surface area contributed by atoms with Gasteiger partial charge in [-0.2, -0.15) is 4.31 Å². The summed E-state index contributed by atoms with van der Waals surface area (Å²) in [5, 5.41) is 11.6. The van der Waals surface area contributed by atoms with Crippen molar-refractivity contribution in [1.29, 1.82) is 0 Å². The lowest BCUT2D eigenvalue weighted by Gasteiger charge is -2.18. The number of hydrogen-bond donors (Lipinski definition) is 2. The maximum absolute atomic E-state index is 12.5. The number of carbonyl (C=O) groups is 2. The third-order valence-corrected chi connectivity index (χ3v) is 6.43. The zero-order valence-electron chi connectivity index (χ0n) is 15.1. The third kappa shape index (κ3) is 5.04. The molecule has 8 heteroatoms. The number of amides is 1. The molecule has 1 saturated heterocycles. The Balaban J connectivity index is 1.93. The average Bonchev–Trinajstić information content (AvgIpc) is 3.13. The molecule has 0 spiro atoms. The van der Waals surface area contributed by atoms with E-state index in [4.69, 9.17) is 5.11 Å². The predicted octanol–water partition coefficient (Wildman–Crippen LogP) is 1.63. The summed E-state index contributed by atoms with van der Waals surface area (Å²) in [7, 11) is -3.43. The van der Waals surface area contributed by atoms with Crippen molar-refractivity contribution in [3.8, 4) is 0 Å². The minimum Gasteiger partial charge on any atom is -0.480 e. The van der Waals surface area contributed by atoms with Gasteiger partial charge in [0, 0.05) is 19.5 Å². The lowest BCUT2D eigenvalue weighted by Crippen LogP contribution is -2.44. The van der Waals surface area contributed by atoms with E-state index in [1.165, 1.54) is 4.31 Å². The average molecular weight is 382 g/mol. The Morgan fingerprint density at radius 3 is 2.23 bits per heavy atom. The fourth-order valence-electron chi connectivity index (χ4n) is 2.92. The largest absolute Gasteiger partial charge is 0.480 e. The van der Waals surface area contributed by atoms with E-state index in [-0.39, 0.29) is 23.1 Å². The molecule has 1 heterocycles. The molecule has 1 atom stereocenters. The molecule has 144 valence electrons. The second-order valence-corrected chi connectivity index (χ2v) is 8.82. The molecule has 0 bridgehead atoms. The maximum Gasteiger partial charge on any atom is 0.326 e. The molecule has 1 unspecified atom stereocenters. The van der Waals surface area contributed by atoms with Crippen LogP contribution in [0.1, 0.15) is 38.7 Å². The summed E-state index contributed by atoms with van der Waals surface area (Å²) < 4.78 is 26.4. The summed E-state index contributed by atoms with van der Waals surface area (Å²) in [5.74, 6) is -1.59. The van der Waals surface area contributed by atoms with Crippen molar-refractivity contribution in [2.24, 2.45) is 5.92 Å². The molecule has 1 fully saturated rings. The van der Waals surface area contributed by atoms with Crippen LogP contribution in [0.25, 0.3) is 0 Å². The molecule has 0 aromatic heterocycles. The molecule has 1 aliphatic rings. The first-order valence-electron chi connectivity index (χ1n) is 8.83. The molecular formula is C18H26N2O5S. The second kappa shape index (κ2) is 8.64. The fourth-order valence-corrected chi connectivity index (χ4v) is 4.44. The van der Waals surface area contributed by atoms with Crippen LogP contribution in [-0.2, 0) is 26.0 Å². The highest BCUT2D eigenvalue weighted by molar-refractivity contribution is 7.89. The number of sulfonamides is 1. The Kier molecular flexibility index (Phi) is 6.77. The van der Waals surface area contributed by atoms with E-state index in [0.717, 1.165) is 18.4 Å². The summed E-state index contributed by atoms with van der Waals surface area (Å²) in [6, 6.07) is 5.63.